The minimum absolute atomic E-state index is 0.217. The van der Waals surface area contributed by atoms with Crippen LogP contribution >= 0.6 is 0 Å². The van der Waals surface area contributed by atoms with Gasteiger partial charge in [-0.05, 0) is 25.1 Å². The van der Waals surface area contributed by atoms with Crippen molar-refractivity contribution in [2.45, 2.75) is 6.92 Å². The van der Waals surface area contributed by atoms with E-state index in [0.717, 1.165) is 5.69 Å². The van der Waals surface area contributed by atoms with Crippen LogP contribution in [0.15, 0.2) is 18.2 Å². The summed E-state index contributed by atoms with van der Waals surface area (Å²) in [5.41, 5.74) is 2.18. The third-order valence-corrected chi connectivity index (χ3v) is 2.48. The fourth-order valence-electron chi connectivity index (χ4n) is 1.62. The number of halogens is 1. The molecule has 0 spiro atoms. The number of aromatic nitrogens is 2. The van der Waals surface area contributed by atoms with E-state index in [9.17, 15) is 4.39 Å². The van der Waals surface area contributed by atoms with Crippen LogP contribution in [0.2, 0.25) is 0 Å². The topological polar surface area (TPSA) is 47.1 Å². The molecule has 1 heterocycles. The number of benzene rings is 1. The van der Waals surface area contributed by atoms with Crippen LogP contribution in [0.3, 0.4) is 0 Å². The zero-order valence-electron chi connectivity index (χ0n) is 9.87. The van der Waals surface area contributed by atoms with E-state index in [-0.39, 0.29) is 5.75 Å². The fraction of sp³-hybridized carbons (Fsp3) is 0.250. The lowest BCUT2D eigenvalue weighted by atomic mass is 10.1. The van der Waals surface area contributed by atoms with Crippen molar-refractivity contribution in [2.24, 2.45) is 0 Å². The Hall–Kier alpha value is -2.04. The third-order valence-electron chi connectivity index (χ3n) is 2.48. The summed E-state index contributed by atoms with van der Waals surface area (Å²) in [6.07, 6.45) is 0. The summed E-state index contributed by atoms with van der Waals surface area (Å²) in [5.74, 6) is -0.194. The molecule has 0 aliphatic carbocycles. The Morgan fingerprint density at radius 2 is 2.00 bits per heavy atom. The largest absolute Gasteiger partial charge is 0.494 e. The van der Waals surface area contributed by atoms with E-state index in [2.05, 4.69) is 9.97 Å². The van der Waals surface area contributed by atoms with Gasteiger partial charge in [0.25, 0.3) is 6.01 Å². The lowest BCUT2D eigenvalue weighted by Gasteiger charge is -2.03. The number of nitrogens with one attached hydrogen (secondary N) is 1. The third kappa shape index (κ3) is 2.08. The van der Waals surface area contributed by atoms with Crippen LogP contribution in [-0.2, 0) is 0 Å². The molecule has 0 radical (unpaired) electrons. The van der Waals surface area contributed by atoms with Crippen molar-refractivity contribution in [3.05, 3.63) is 29.7 Å². The first kappa shape index (κ1) is 11.4. The van der Waals surface area contributed by atoms with Crippen LogP contribution in [0.1, 0.15) is 5.69 Å². The number of methoxy groups -OCH3 is 2. The minimum atomic E-state index is -0.411. The molecular formula is C12H13FN2O2. The molecule has 17 heavy (non-hydrogen) atoms. The number of rotatable bonds is 3. The number of ether oxygens (including phenoxy) is 2. The monoisotopic (exact) mass is 236 g/mol. The van der Waals surface area contributed by atoms with Gasteiger partial charge in [0.1, 0.15) is 0 Å². The van der Waals surface area contributed by atoms with Gasteiger partial charge in [0, 0.05) is 11.3 Å². The predicted molar refractivity (Wildman–Crippen MR) is 61.8 cm³/mol. The van der Waals surface area contributed by atoms with Gasteiger partial charge in [-0.15, -0.1) is 0 Å². The molecular weight excluding hydrogens is 223 g/mol. The van der Waals surface area contributed by atoms with Crippen molar-refractivity contribution in [1.82, 2.24) is 9.97 Å². The lowest BCUT2D eigenvalue weighted by Crippen LogP contribution is -1.89. The van der Waals surface area contributed by atoms with Crippen LogP contribution < -0.4 is 9.47 Å². The average Bonchev–Trinajstić information content (AvgIpc) is 2.70. The smallest absolute Gasteiger partial charge is 0.294 e. The van der Waals surface area contributed by atoms with E-state index < -0.39 is 5.82 Å². The van der Waals surface area contributed by atoms with Gasteiger partial charge in [0.15, 0.2) is 11.6 Å². The summed E-state index contributed by atoms with van der Waals surface area (Å²) < 4.78 is 23.4. The molecule has 1 aromatic heterocycles. The molecule has 5 heteroatoms. The van der Waals surface area contributed by atoms with Gasteiger partial charge in [-0.25, -0.2) is 4.39 Å². The normalized spacial score (nSPS) is 10.4. The SMILES string of the molecule is COc1nc(-c2ccc(OC)c(F)c2)c(C)[nH]1. The maximum Gasteiger partial charge on any atom is 0.294 e. The number of imidazole rings is 1. The highest BCUT2D eigenvalue weighted by atomic mass is 19.1. The molecule has 90 valence electrons. The Labute approximate surface area is 98.4 Å². The van der Waals surface area contributed by atoms with Crippen LogP contribution in [0.25, 0.3) is 11.3 Å². The molecule has 0 saturated carbocycles. The van der Waals surface area contributed by atoms with E-state index >= 15 is 0 Å². The number of aryl methyl sites for hydroxylation is 1. The molecule has 0 bridgehead atoms. The molecule has 0 atom stereocenters. The first-order valence-electron chi connectivity index (χ1n) is 5.10. The van der Waals surface area contributed by atoms with Gasteiger partial charge in [-0.1, -0.05) is 0 Å². The van der Waals surface area contributed by atoms with E-state index in [1.54, 1.807) is 12.1 Å². The molecule has 2 rings (SSSR count). The molecule has 0 aliphatic rings. The number of aromatic amines is 1. The summed E-state index contributed by atoms with van der Waals surface area (Å²) in [6, 6.07) is 5.13. The maximum atomic E-state index is 13.6. The Morgan fingerprint density at radius 3 is 2.53 bits per heavy atom. The highest BCUT2D eigenvalue weighted by Crippen LogP contribution is 2.27. The summed E-state index contributed by atoms with van der Waals surface area (Å²) in [6.45, 7) is 1.85. The van der Waals surface area contributed by atoms with E-state index in [0.29, 0.717) is 17.3 Å². The molecule has 0 saturated heterocycles. The van der Waals surface area contributed by atoms with Crippen LogP contribution in [-0.4, -0.2) is 24.2 Å². The zero-order valence-corrected chi connectivity index (χ0v) is 9.87. The van der Waals surface area contributed by atoms with Crippen molar-refractivity contribution in [2.75, 3.05) is 14.2 Å². The standard InChI is InChI=1S/C12H13FN2O2/c1-7-11(15-12(14-7)17-3)8-4-5-10(16-2)9(13)6-8/h4-6H,1-3H3,(H,14,15). The number of nitrogens with zero attached hydrogens (tertiary/aromatic N) is 1. The zero-order chi connectivity index (χ0) is 12.4. The second-order valence-corrected chi connectivity index (χ2v) is 3.57. The molecule has 1 N–H and O–H groups in total. The van der Waals surface area contributed by atoms with Crippen molar-refractivity contribution < 1.29 is 13.9 Å². The average molecular weight is 236 g/mol. The van der Waals surface area contributed by atoms with E-state index in [4.69, 9.17) is 9.47 Å². The summed E-state index contributed by atoms with van der Waals surface area (Å²) >= 11 is 0. The Morgan fingerprint density at radius 1 is 1.24 bits per heavy atom. The maximum absolute atomic E-state index is 13.6. The van der Waals surface area contributed by atoms with E-state index in [1.807, 2.05) is 6.92 Å². The van der Waals surface area contributed by atoms with Crippen LogP contribution in [0.4, 0.5) is 4.39 Å². The van der Waals surface area contributed by atoms with Gasteiger partial charge < -0.3 is 14.5 Å². The highest BCUT2D eigenvalue weighted by molar-refractivity contribution is 5.63. The van der Waals surface area contributed by atoms with Crippen molar-refractivity contribution >= 4 is 0 Å². The van der Waals surface area contributed by atoms with E-state index in [1.165, 1.54) is 20.3 Å². The quantitative estimate of drug-likeness (QED) is 0.890. The summed E-state index contributed by atoms with van der Waals surface area (Å²) in [4.78, 5) is 7.16. The highest BCUT2D eigenvalue weighted by Gasteiger charge is 2.11. The first-order chi connectivity index (χ1) is 8.15. The molecule has 0 aliphatic heterocycles. The van der Waals surface area contributed by atoms with Gasteiger partial charge in [-0.2, -0.15) is 4.98 Å². The number of hydrogen-bond acceptors (Lipinski definition) is 3. The summed E-state index contributed by atoms with van der Waals surface area (Å²) in [5, 5.41) is 0. The molecule has 1 aromatic carbocycles. The summed E-state index contributed by atoms with van der Waals surface area (Å²) in [7, 11) is 2.96. The van der Waals surface area contributed by atoms with Gasteiger partial charge in [0.05, 0.1) is 19.9 Å². The van der Waals surface area contributed by atoms with Crippen LogP contribution in [0, 0.1) is 12.7 Å². The van der Waals surface area contributed by atoms with Gasteiger partial charge in [0.2, 0.25) is 0 Å². The second-order valence-electron chi connectivity index (χ2n) is 3.57. The first-order valence-corrected chi connectivity index (χ1v) is 5.10. The molecule has 0 unspecified atom stereocenters. The fourth-order valence-corrected chi connectivity index (χ4v) is 1.62. The molecule has 0 amide bonds. The molecule has 0 fully saturated rings. The Kier molecular flexibility index (Phi) is 2.99. The van der Waals surface area contributed by atoms with Crippen molar-refractivity contribution in [3.8, 4) is 23.0 Å². The van der Waals surface area contributed by atoms with Crippen molar-refractivity contribution in [1.29, 1.82) is 0 Å². The minimum Gasteiger partial charge on any atom is -0.494 e. The Bertz CT molecular complexity index is 537. The number of hydrogen-bond donors (Lipinski definition) is 1. The van der Waals surface area contributed by atoms with Gasteiger partial charge >= 0.3 is 0 Å². The van der Waals surface area contributed by atoms with Crippen molar-refractivity contribution in [3.63, 3.8) is 0 Å². The predicted octanol–water partition coefficient (Wildman–Crippen LogP) is 2.54. The van der Waals surface area contributed by atoms with Crippen LogP contribution in [0.5, 0.6) is 11.8 Å². The number of H-pyrrole nitrogens is 1. The van der Waals surface area contributed by atoms with Gasteiger partial charge in [-0.3, -0.25) is 0 Å². The molecule has 2 aromatic rings. The Balaban J connectivity index is 2.45. The second kappa shape index (κ2) is 4.45. The molecule has 4 nitrogen and oxygen atoms in total. The lowest BCUT2D eigenvalue weighted by molar-refractivity contribution is 0.384.